The lowest BCUT2D eigenvalue weighted by molar-refractivity contribution is 0.0515. The van der Waals surface area contributed by atoms with Crippen LogP contribution in [0.3, 0.4) is 0 Å². The molecule has 2 heterocycles. The van der Waals surface area contributed by atoms with Gasteiger partial charge in [0.1, 0.15) is 5.82 Å². The third-order valence-electron chi connectivity index (χ3n) is 9.38. The lowest BCUT2D eigenvalue weighted by atomic mass is 9.68. The molecule has 0 atom stereocenters. The molecule has 304 valence electrons. The molecule has 2 aromatic carbocycles. The van der Waals surface area contributed by atoms with Crippen molar-refractivity contribution in [3.63, 3.8) is 0 Å². The van der Waals surface area contributed by atoms with Crippen molar-refractivity contribution in [3.8, 4) is 0 Å². The van der Waals surface area contributed by atoms with Gasteiger partial charge < -0.3 is 15.2 Å². The fourth-order valence-corrected chi connectivity index (χ4v) is 9.77. The summed E-state index contributed by atoms with van der Waals surface area (Å²) in [6.07, 6.45) is 11.4. The summed E-state index contributed by atoms with van der Waals surface area (Å²) < 4.78 is 59.5. The second-order valence-electron chi connectivity index (χ2n) is 14.0. The lowest BCUT2D eigenvalue weighted by Gasteiger charge is -2.41. The Labute approximate surface area is 340 Å². The Balaban J connectivity index is 0.000000246. The van der Waals surface area contributed by atoms with Crippen molar-refractivity contribution in [2.24, 2.45) is 11.1 Å². The second-order valence-corrected chi connectivity index (χ2v) is 18.3. The zero-order chi connectivity index (χ0) is 40.3. The van der Waals surface area contributed by atoms with Crippen molar-refractivity contribution in [1.29, 1.82) is 0 Å². The van der Waals surface area contributed by atoms with Gasteiger partial charge in [-0.3, -0.25) is 0 Å². The Morgan fingerprint density at radius 1 is 0.679 bits per heavy atom. The Bertz CT molecular complexity index is 2110. The topological polar surface area (TPSA) is 198 Å². The van der Waals surface area contributed by atoms with Gasteiger partial charge in [0.05, 0.1) is 45.6 Å². The van der Waals surface area contributed by atoms with Crippen LogP contribution < -0.4 is 5.73 Å². The van der Waals surface area contributed by atoms with E-state index in [4.69, 9.17) is 26.8 Å². The first-order chi connectivity index (χ1) is 26.0. The van der Waals surface area contributed by atoms with Gasteiger partial charge >= 0.3 is 11.9 Å². The predicted molar refractivity (Wildman–Crippen MR) is 215 cm³/mol. The molecule has 56 heavy (non-hydrogen) atoms. The molecule has 13 nitrogen and oxygen atoms in total. The third kappa shape index (κ3) is 13.3. The molecule has 2 fully saturated rings. The van der Waals surface area contributed by atoms with E-state index in [1.165, 1.54) is 24.8 Å². The number of carbonyl (C=O) groups is 2. The highest BCUT2D eigenvalue weighted by molar-refractivity contribution is 7.91. The first-order valence-electron chi connectivity index (χ1n) is 18.0. The van der Waals surface area contributed by atoms with Crippen LogP contribution >= 0.6 is 24.0 Å². The van der Waals surface area contributed by atoms with Crippen LogP contribution in [0.1, 0.15) is 90.0 Å². The van der Waals surface area contributed by atoms with E-state index in [-0.39, 0.29) is 34.6 Å². The third-order valence-corrected chi connectivity index (χ3v) is 13.5. The maximum absolute atomic E-state index is 12.9. The van der Waals surface area contributed by atoms with Crippen molar-refractivity contribution in [2.75, 3.05) is 24.7 Å². The molecule has 0 spiro atoms. The van der Waals surface area contributed by atoms with Crippen LogP contribution in [0, 0.1) is 19.3 Å². The quantitative estimate of drug-likeness (QED) is 0.119. The highest BCUT2D eigenvalue weighted by atomic mass is 35.5. The van der Waals surface area contributed by atoms with Gasteiger partial charge in [-0.05, 0) is 101 Å². The number of benzene rings is 2. The number of rotatable bonds is 12. The van der Waals surface area contributed by atoms with Gasteiger partial charge in [0.2, 0.25) is 5.28 Å². The molecular formula is C39H49Cl2N5O8S2. The number of hydrogen-bond acceptors (Lipinski definition) is 13. The molecule has 2 aliphatic rings. The molecule has 0 amide bonds. The molecule has 0 saturated heterocycles. The SMILES string of the molecule is CCOC(=O)c1cnc(CC2(CS(=O)(=O)c3ccc(C)cc3)CCC2)nc1.CCOC(=O)c1cnc(Cl)nc1.Cc1ccc(S(=O)(=O)CC2(N)CCC2)cc1.Cl. The van der Waals surface area contributed by atoms with Crippen LogP contribution in [0.15, 0.2) is 83.1 Å². The number of nitrogens with two attached hydrogens (primary N) is 1. The van der Waals surface area contributed by atoms with Gasteiger partial charge in [0.25, 0.3) is 0 Å². The summed E-state index contributed by atoms with van der Waals surface area (Å²) in [6.45, 7) is 7.96. The highest BCUT2D eigenvalue weighted by Crippen LogP contribution is 2.45. The van der Waals surface area contributed by atoms with Gasteiger partial charge in [-0.2, -0.15) is 0 Å². The van der Waals surface area contributed by atoms with Crippen molar-refractivity contribution < 1.29 is 35.9 Å². The fourth-order valence-electron chi connectivity index (χ4n) is 6.00. The fraction of sp³-hybridized carbons (Fsp3) is 0.436. The largest absolute Gasteiger partial charge is 0.462 e. The summed E-state index contributed by atoms with van der Waals surface area (Å²) >= 11 is 5.42. The molecule has 0 radical (unpaired) electrons. The van der Waals surface area contributed by atoms with Crippen molar-refractivity contribution in [1.82, 2.24) is 19.9 Å². The molecular weight excluding hydrogens is 801 g/mol. The van der Waals surface area contributed by atoms with E-state index in [1.54, 1.807) is 38.1 Å². The van der Waals surface area contributed by atoms with E-state index in [9.17, 15) is 26.4 Å². The highest BCUT2D eigenvalue weighted by Gasteiger charge is 2.42. The van der Waals surface area contributed by atoms with E-state index in [2.05, 4.69) is 19.9 Å². The minimum Gasteiger partial charge on any atom is -0.462 e. The molecule has 2 saturated carbocycles. The zero-order valence-corrected chi connectivity index (χ0v) is 35.1. The normalized spacial score (nSPS) is 15.1. The van der Waals surface area contributed by atoms with E-state index >= 15 is 0 Å². The van der Waals surface area contributed by atoms with E-state index in [0.717, 1.165) is 49.7 Å². The number of sulfone groups is 2. The maximum atomic E-state index is 12.9. The van der Waals surface area contributed by atoms with Crippen LogP contribution in [0.25, 0.3) is 0 Å². The Morgan fingerprint density at radius 2 is 1.07 bits per heavy atom. The van der Waals surface area contributed by atoms with Crippen LogP contribution in [-0.2, 0) is 35.6 Å². The van der Waals surface area contributed by atoms with Crippen LogP contribution in [0.5, 0.6) is 0 Å². The monoisotopic (exact) mass is 849 g/mol. The summed E-state index contributed by atoms with van der Waals surface area (Å²) in [6, 6.07) is 13.9. The minimum absolute atomic E-state index is 0. The molecule has 0 aliphatic heterocycles. The summed E-state index contributed by atoms with van der Waals surface area (Å²) in [7, 11) is -6.59. The number of carbonyl (C=O) groups excluding carboxylic acids is 2. The smallest absolute Gasteiger partial charge is 0.341 e. The molecule has 17 heteroatoms. The summed E-state index contributed by atoms with van der Waals surface area (Å²) in [5, 5.41) is 0.114. The van der Waals surface area contributed by atoms with E-state index in [1.807, 2.05) is 38.1 Å². The standard InChI is InChI=1S/C20H24N2O4S.C12H17NO2S.C7H7ClN2O2.ClH/c1-3-26-19(23)16-12-21-18(22-13-16)11-20(9-4-10-20)14-27(24,25)17-7-5-15(2)6-8-17;1-10-3-5-11(6-4-10)16(14,15)9-12(13)7-2-8-12;1-2-12-6(11)5-3-9-7(8)10-4-5;/h5-8,12-13H,3-4,9-11,14H2,1-2H3;3-6H,2,7-9,13H2,1H3;3-4H,2H2,1H3;1H. The Hall–Kier alpha value is -4.02. The van der Waals surface area contributed by atoms with E-state index < -0.39 is 37.2 Å². The summed E-state index contributed by atoms with van der Waals surface area (Å²) in [5.74, 6) is -0.171. The van der Waals surface area contributed by atoms with Crippen LogP contribution in [-0.4, -0.2) is 79.0 Å². The van der Waals surface area contributed by atoms with Gasteiger partial charge in [-0.1, -0.05) is 41.8 Å². The molecule has 0 bridgehead atoms. The molecule has 2 aromatic heterocycles. The average Bonchev–Trinajstić information content (AvgIpc) is 3.11. The van der Waals surface area contributed by atoms with E-state index in [0.29, 0.717) is 46.4 Å². The second kappa shape index (κ2) is 20.4. The van der Waals surface area contributed by atoms with Crippen molar-refractivity contribution in [3.05, 3.63) is 107 Å². The van der Waals surface area contributed by atoms with Crippen LogP contribution in [0.4, 0.5) is 0 Å². The van der Waals surface area contributed by atoms with Gasteiger partial charge in [-0.25, -0.2) is 46.4 Å². The summed E-state index contributed by atoms with van der Waals surface area (Å²) in [5.41, 5.74) is 7.85. The first kappa shape index (κ1) is 46.4. The van der Waals surface area contributed by atoms with Crippen LogP contribution in [0.2, 0.25) is 5.28 Å². The Morgan fingerprint density at radius 3 is 1.43 bits per heavy atom. The minimum atomic E-state index is -3.37. The summed E-state index contributed by atoms with van der Waals surface area (Å²) in [4.78, 5) is 39.2. The molecule has 4 aromatic rings. The van der Waals surface area contributed by atoms with Gasteiger partial charge in [0, 0.05) is 36.7 Å². The van der Waals surface area contributed by atoms with Gasteiger partial charge in [0.15, 0.2) is 19.7 Å². The zero-order valence-electron chi connectivity index (χ0n) is 31.9. The van der Waals surface area contributed by atoms with Crippen molar-refractivity contribution >= 4 is 55.6 Å². The molecule has 2 aliphatic carbocycles. The number of halogens is 2. The maximum Gasteiger partial charge on any atom is 0.341 e. The number of hydrogen-bond donors (Lipinski definition) is 1. The molecule has 2 N–H and O–H groups in total. The number of aromatic nitrogens is 4. The number of nitrogens with zero attached hydrogens (tertiary/aromatic N) is 4. The van der Waals surface area contributed by atoms with Gasteiger partial charge in [-0.15, -0.1) is 12.4 Å². The molecule has 6 rings (SSSR count). The Kier molecular flexibility index (Phi) is 16.9. The number of aryl methyl sites for hydroxylation is 2. The first-order valence-corrected chi connectivity index (χ1v) is 21.7. The number of esters is 2. The lowest BCUT2D eigenvalue weighted by Crippen LogP contribution is -2.51. The predicted octanol–water partition coefficient (Wildman–Crippen LogP) is 6.53. The number of ether oxygens (including phenoxy) is 2. The van der Waals surface area contributed by atoms with Crippen molar-refractivity contribution in [2.45, 2.75) is 88.0 Å². The average molecular weight is 851 g/mol. The molecule has 0 unspecified atom stereocenters.